The summed E-state index contributed by atoms with van der Waals surface area (Å²) in [5, 5.41) is 4.16. The monoisotopic (exact) mass is 369 g/mol. The maximum absolute atomic E-state index is 5.77. The molecule has 1 aliphatic heterocycles. The summed E-state index contributed by atoms with van der Waals surface area (Å²) in [6, 6.07) is 16.7. The minimum absolute atomic E-state index is 0.682. The van der Waals surface area contributed by atoms with Crippen LogP contribution in [-0.2, 0) is 6.42 Å². The van der Waals surface area contributed by atoms with Crippen molar-refractivity contribution in [2.45, 2.75) is 20.3 Å². The summed E-state index contributed by atoms with van der Waals surface area (Å²) < 4.78 is 5.77. The molecule has 0 atom stereocenters. The van der Waals surface area contributed by atoms with Crippen molar-refractivity contribution in [2.24, 2.45) is 0 Å². The average Bonchev–Trinajstić information content (AvgIpc) is 2.69. The Labute approximate surface area is 161 Å². The number of piperazine rings is 1. The van der Waals surface area contributed by atoms with Gasteiger partial charge in [-0.3, -0.25) is 0 Å². The topological polar surface area (TPSA) is 27.7 Å². The molecule has 1 aliphatic rings. The average molecular weight is 370 g/mol. The highest BCUT2D eigenvalue weighted by Crippen LogP contribution is 2.28. The molecule has 3 rings (SSSR count). The number of ether oxygens (including phenoxy) is 1. The molecule has 138 valence electrons. The molecule has 0 unspecified atom stereocenters. The summed E-state index contributed by atoms with van der Waals surface area (Å²) in [5.74, 6) is 0.958. The molecule has 0 saturated carbocycles. The zero-order valence-electron chi connectivity index (χ0n) is 15.6. The summed E-state index contributed by atoms with van der Waals surface area (Å²) in [4.78, 5) is 4.61. The van der Waals surface area contributed by atoms with Gasteiger partial charge < -0.3 is 19.9 Å². The van der Waals surface area contributed by atoms with Crippen LogP contribution >= 0.6 is 12.2 Å². The Hall–Kier alpha value is -2.27. The number of para-hydroxylation sites is 2. The van der Waals surface area contributed by atoms with E-state index in [4.69, 9.17) is 17.0 Å². The second-order valence-corrected chi connectivity index (χ2v) is 6.74. The molecular weight excluding hydrogens is 342 g/mol. The Morgan fingerprint density at radius 2 is 1.69 bits per heavy atom. The third-order valence-electron chi connectivity index (χ3n) is 4.69. The predicted octanol–water partition coefficient (Wildman–Crippen LogP) is 4.17. The number of benzene rings is 2. The molecule has 1 saturated heterocycles. The van der Waals surface area contributed by atoms with Crippen molar-refractivity contribution in [3.8, 4) is 5.75 Å². The molecule has 0 spiro atoms. The van der Waals surface area contributed by atoms with Gasteiger partial charge in [0, 0.05) is 31.9 Å². The van der Waals surface area contributed by atoms with Crippen molar-refractivity contribution in [1.29, 1.82) is 0 Å². The molecule has 5 heteroatoms. The van der Waals surface area contributed by atoms with Gasteiger partial charge in [-0.25, -0.2) is 0 Å². The molecule has 1 fully saturated rings. The summed E-state index contributed by atoms with van der Waals surface area (Å²) >= 11 is 5.61. The van der Waals surface area contributed by atoms with Gasteiger partial charge in [0.25, 0.3) is 0 Å². The molecule has 0 amide bonds. The highest BCUT2D eigenvalue weighted by Gasteiger charge is 2.21. The highest BCUT2D eigenvalue weighted by atomic mass is 32.1. The van der Waals surface area contributed by atoms with Crippen LogP contribution in [0.25, 0.3) is 0 Å². The molecule has 2 aromatic rings. The van der Waals surface area contributed by atoms with Gasteiger partial charge in [0.1, 0.15) is 5.75 Å². The largest absolute Gasteiger partial charge is 0.492 e. The van der Waals surface area contributed by atoms with E-state index in [1.807, 2.05) is 19.1 Å². The number of hydrogen-bond donors (Lipinski definition) is 1. The maximum atomic E-state index is 5.77. The first kappa shape index (κ1) is 18.5. The first-order valence-electron chi connectivity index (χ1n) is 9.33. The second-order valence-electron chi connectivity index (χ2n) is 6.36. The minimum Gasteiger partial charge on any atom is -0.492 e. The van der Waals surface area contributed by atoms with E-state index in [-0.39, 0.29) is 0 Å². The normalized spacial score (nSPS) is 14.2. The van der Waals surface area contributed by atoms with Crippen molar-refractivity contribution < 1.29 is 4.74 Å². The molecule has 26 heavy (non-hydrogen) atoms. The Morgan fingerprint density at radius 3 is 2.35 bits per heavy atom. The Kier molecular flexibility index (Phi) is 6.34. The fourth-order valence-electron chi connectivity index (χ4n) is 3.17. The molecule has 2 aromatic carbocycles. The van der Waals surface area contributed by atoms with Crippen LogP contribution in [0, 0.1) is 0 Å². The van der Waals surface area contributed by atoms with Crippen LogP contribution < -0.4 is 15.0 Å². The lowest BCUT2D eigenvalue weighted by atomic mass is 10.1. The number of nitrogens with one attached hydrogen (secondary N) is 1. The van der Waals surface area contributed by atoms with E-state index in [2.05, 4.69) is 58.4 Å². The summed E-state index contributed by atoms with van der Waals surface area (Å²) in [6.45, 7) is 8.53. The van der Waals surface area contributed by atoms with Gasteiger partial charge in [-0.15, -0.1) is 0 Å². The third kappa shape index (κ3) is 4.47. The van der Waals surface area contributed by atoms with Crippen LogP contribution in [0.15, 0.2) is 48.5 Å². The van der Waals surface area contributed by atoms with Crippen molar-refractivity contribution in [1.82, 2.24) is 4.90 Å². The SMILES string of the molecule is CCOc1ccccc1N1CCN(C(=S)Nc2ccc(CC)cc2)CC1. The van der Waals surface area contributed by atoms with Gasteiger partial charge in [0.2, 0.25) is 0 Å². The fraction of sp³-hybridized carbons (Fsp3) is 0.381. The van der Waals surface area contributed by atoms with Gasteiger partial charge in [-0.05, 0) is 55.4 Å². The van der Waals surface area contributed by atoms with Gasteiger partial charge in [0.05, 0.1) is 12.3 Å². The van der Waals surface area contributed by atoms with E-state index in [0.29, 0.717) is 6.61 Å². The number of rotatable bonds is 5. The standard InChI is InChI=1S/C21H27N3OS/c1-3-17-9-11-18(12-10-17)22-21(26)24-15-13-23(14-16-24)19-7-5-6-8-20(19)25-4-2/h5-12H,3-4,13-16H2,1-2H3,(H,22,26). The first-order chi connectivity index (χ1) is 12.7. The van der Waals surface area contributed by atoms with Gasteiger partial charge in [0.15, 0.2) is 5.11 Å². The van der Waals surface area contributed by atoms with Crippen LogP contribution in [0.3, 0.4) is 0 Å². The fourth-order valence-corrected chi connectivity index (χ4v) is 3.47. The van der Waals surface area contributed by atoms with Crippen molar-refractivity contribution >= 4 is 28.7 Å². The molecule has 4 nitrogen and oxygen atoms in total. The van der Waals surface area contributed by atoms with Crippen LogP contribution in [-0.4, -0.2) is 42.8 Å². The molecule has 1 N–H and O–H groups in total. The minimum atomic E-state index is 0.682. The molecule has 0 aromatic heterocycles. The smallest absolute Gasteiger partial charge is 0.173 e. The van der Waals surface area contributed by atoms with Gasteiger partial charge >= 0.3 is 0 Å². The van der Waals surface area contributed by atoms with E-state index in [1.165, 1.54) is 11.3 Å². The lowest BCUT2D eigenvalue weighted by Crippen LogP contribution is -2.50. The van der Waals surface area contributed by atoms with Gasteiger partial charge in [-0.2, -0.15) is 0 Å². The van der Waals surface area contributed by atoms with Crippen molar-refractivity contribution in [3.05, 3.63) is 54.1 Å². The third-order valence-corrected chi connectivity index (χ3v) is 5.05. The Balaban J connectivity index is 1.57. The number of aryl methyl sites for hydroxylation is 1. The molecule has 1 heterocycles. The van der Waals surface area contributed by atoms with E-state index >= 15 is 0 Å². The van der Waals surface area contributed by atoms with Gasteiger partial charge in [-0.1, -0.05) is 31.2 Å². The van der Waals surface area contributed by atoms with E-state index in [0.717, 1.165) is 49.1 Å². The predicted molar refractivity (Wildman–Crippen MR) is 113 cm³/mol. The molecule has 0 aliphatic carbocycles. The summed E-state index contributed by atoms with van der Waals surface area (Å²) in [7, 11) is 0. The lowest BCUT2D eigenvalue weighted by molar-refractivity contribution is 0.336. The van der Waals surface area contributed by atoms with Crippen molar-refractivity contribution in [2.75, 3.05) is 43.0 Å². The molecular formula is C21H27N3OS. The first-order valence-corrected chi connectivity index (χ1v) is 9.73. The Bertz CT molecular complexity index is 724. The van der Waals surface area contributed by atoms with Crippen LogP contribution in [0.4, 0.5) is 11.4 Å². The van der Waals surface area contributed by atoms with E-state index in [1.54, 1.807) is 0 Å². The van der Waals surface area contributed by atoms with Crippen molar-refractivity contribution in [3.63, 3.8) is 0 Å². The zero-order chi connectivity index (χ0) is 18.4. The number of nitrogens with zero attached hydrogens (tertiary/aromatic N) is 2. The highest BCUT2D eigenvalue weighted by molar-refractivity contribution is 7.80. The number of hydrogen-bond acceptors (Lipinski definition) is 3. The zero-order valence-corrected chi connectivity index (χ0v) is 16.4. The summed E-state index contributed by atoms with van der Waals surface area (Å²) in [5.41, 5.74) is 3.56. The van der Waals surface area contributed by atoms with Crippen LogP contribution in [0.2, 0.25) is 0 Å². The molecule has 0 bridgehead atoms. The second kappa shape index (κ2) is 8.90. The van der Waals surface area contributed by atoms with E-state index < -0.39 is 0 Å². The number of anilines is 2. The summed E-state index contributed by atoms with van der Waals surface area (Å²) in [6.07, 6.45) is 1.05. The quantitative estimate of drug-likeness (QED) is 0.799. The van der Waals surface area contributed by atoms with Crippen LogP contribution in [0.5, 0.6) is 5.75 Å². The Morgan fingerprint density at radius 1 is 1.00 bits per heavy atom. The number of thiocarbonyl (C=S) groups is 1. The lowest BCUT2D eigenvalue weighted by Gasteiger charge is -2.38. The molecule has 0 radical (unpaired) electrons. The van der Waals surface area contributed by atoms with E-state index in [9.17, 15) is 0 Å². The maximum Gasteiger partial charge on any atom is 0.173 e. The van der Waals surface area contributed by atoms with Crippen LogP contribution in [0.1, 0.15) is 19.4 Å².